The maximum absolute atomic E-state index is 13.8. The summed E-state index contributed by atoms with van der Waals surface area (Å²) in [7, 11) is 0. The largest absolute Gasteiger partial charge is 0.319 e. The Bertz CT molecular complexity index is 598. The number of nitrogens with zero attached hydrogens (tertiary/aromatic N) is 1. The Balaban J connectivity index is 1.98. The van der Waals surface area contributed by atoms with E-state index in [4.69, 9.17) is 5.73 Å². The summed E-state index contributed by atoms with van der Waals surface area (Å²) >= 11 is 1.40. The highest BCUT2D eigenvalue weighted by molar-refractivity contribution is 7.10. The molecule has 1 aliphatic carbocycles. The first-order valence-corrected chi connectivity index (χ1v) is 7.67. The lowest BCUT2D eigenvalue weighted by Crippen LogP contribution is -2.38. The van der Waals surface area contributed by atoms with E-state index in [0.29, 0.717) is 5.69 Å². The van der Waals surface area contributed by atoms with Crippen LogP contribution < -0.4 is 5.73 Å². The number of hydrogen-bond acceptors (Lipinski definition) is 3. The van der Waals surface area contributed by atoms with E-state index in [9.17, 15) is 8.78 Å². The zero-order valence-electron chi connectivity index (χ0n) is 11.0. The Kier molecular flexibility index (Phi) is 3.56. The molecule has 20 heavy (non-hydrogen) atoms. The van der Waals surface area contributed by atoms with Crippen molar-refractivity contribution >= 4 is 11.3 Å². The average Bonchev–Trinajstić information content (AvgIpc) is 2.90. The molecule has 2 N–H and O–H groups in total. The van der Waals surface area contributed by atoms with Crippen LogP contribution >= 0.6 is 11.3 Å². The van der Waals surface area contributed by atoms with E-state index in [1.807, 2.05) is 0 Å². The third kappa shape index (κ3) is 2.36. The van der Waals surface area contributed by atoms with Crippen molar-refractivity contribution in [2.75, 3.05) is 0 Å². The van der Waals surface area contributed by atoms with Crippen molar-refractivity contribution in [2.24, 2.45) is 5.73 Å². The van der Waals surface area contributed by atoms with Gasteiger partial charge in [0.25, 0.3) is 0 Å². The van der Waals surface area contributed by atoms with Crippen LogP contribution in [0.25, 0.3) is 11.3 Å². The van der Waals surface area contributed by atoms with Crippen molar-refractivity contribution in [1.82, 2.24) is 4.98 Å². The Morgan fingerprint density at radius 1 is 1.10 bits per heavy atom. The minimum atomic E-state index is -0.587. The van der Waals surface area contributed by atoms with Crippen LogP contribution in [0.1, 0.15) is 37.1 Å². The minimum Gasteiger partial charge on any atom is -0.319 e. The van der Waals surface area contributed by atoms with Crippen LogP contribution in [0.3, 0.4) is 0 Å². The van der Waals surface area contributed by atoms with Crippen LogP contribution in [0.4, 0.5) is 8.78 Å². The van der Waals surface area contributed by atoms with Crippen LogP contribution in [0.15, 0.2) is 23.6 Å². The second-order valence-corrected chi connectivity index (χ2v) is 6.21. The molecule has 2 nitrogen and oxygen atoms in total. The molecule has 0 amide bonds. The number of halogens is 2. The lowest BCUT2D eigenvalue weighted by molar-refractivity contribution is 0.301. The molecule has 2 aromatic rings. The van der Waals surface area contributed by atoms with Gasteiger partial charge in [0.1, 0.15) is 16.6 Å². The molecule has 1 aromatic heterocycles. The van der Waals surface area contributed by atoms with Crippen molar-refractivity contribution < 1.29 is 8.78 Å². The minimum absolute atomic E-state index is 0.0607. The first-order valence-electron chi connectivity index (χ1n) is 6.79. The van der Waals surface area contributed by atoms with Crippen molar-refractivity contribution in [2.45, 2.75) is 37.6 Å². The molecule has 5 heteroatoms. The maximum atomic E-state index is 13.8. The first-order chi connectivity index (χ1) is 9.60. The third-order valence-corrected chi connectivity index (χ3v) is 4.96. The molecular formula is C15H16F2N2S. The average molecular weight is 294 g/mol. The molecule has 0 bridgehead atoms. The molecule has 1 fully saturated rings. The number of hydrogen-bond donors (Lipinski definition) is 1. The zero-order chi connectivity index (χ0) is 14.2. The first kappa shape index (κ1) is 13.6. The van der Waals surface area contributed by atoms with Crippen molar-refractivity contribution in [1.29, 1.82) is 0 Å². The predicted molar refractivity (Wildman–Crippen MR) is 76.4 cm³/mol. The number of nitrogens with two attached hydrogens (primary N) is 1. The fraction of sp³-hybridized carbons (Fsp3) is 0.400. The van der Waals surface area contributed by atoms with Gasteiger partial charge in [0.05, 0.1) is 16.8 Å². The maximum Gasteiger partial charge on any atom is 0.135 e. The number of aromatic nitrogens is 1. The molecular weight excluding hydrogens is 278 g/mol. The van der Waals surface area contributed by atoms with Crippen LogP contribution in [0, 0.1) is 11.6 Å². The second-order valence-electron chi connectivity index (χ2n) is 5.35. The highest BCUT2D eigenvalue weighted by Crippen LogP contribution is 2.38. The fourth-order valence-electron chi connectivity index (χ4n) is 2.76. The summed E-state index contributed by atoms with van der Waals surface area (Å²) < 4.78 is 27.6. The van der Waals surface area contributed by atoms with Crippen molar-refractivity contribution in [3.8, 4) is 11.3 Å². The Labute approximate surface area is 120 Å². The standard InChI is InChI=1S/C15H16F2N2S/c16-10-5-4-6-11(17)13(10)12-9-20-14(19-12)15(18)7-2-1-3-8-15/h4-6,9H,1-3,7-8,18H2. The summed E-state index contributed by atoms with van der Waals surface area (Å²) in [5.41, 5.74) is 6.26. The molecule has 0 saturated heterocycles. The van der Waals surface area contributed by atoms with Gasteiger partial charge in [-0.15, -0.1) is 11.3 Å². The van der Waals surface area contributed by atoms with Crippen LogP contribution in [0.2, 0.25) is 0 Å². The zero-order valence-corrected chi connectivity index (χ0v) is 11.9. The van der Waals surface area contributed by atoms with Crippen LogP contribution in [-0.2, 0) is 5.54 Å². The van der Waals surface area contributed by atoms with Crippen molar-refractivity contribution in [3.63, 3.8) is 0 Å². The van der Waals surface area contributed by atoms with E-state index in [1.165, 1.54) is 36.0 Å². The topological polar surface area (TPSA) is 38.9 Å². The van der Waals surface area contributed by atoms with Crippen molar-refractivity contribution in [3.05, 3.63) is 40.2 Å². The lowest BCUT2D eigenvalue weighted by Gasteiger charge is -2.31. The summed E-state index contributed by atoms with van der Waals surface area (Å²) in [4.78, 5) is 4.41. The highest BCUT2D eigenvalue weighted by atomic mass is 32.1. The molecule has 0 atom stereocenters. The van der Waals surface area contributed by atoms with Crippen LogP contribution in [0.5, 0.6) is 0 Å². The summed E-state index contributed by atoms with van der Waals surface area (Å²) in [5, 5.41) is 2.48. The Hall–Kier alpha value is -1.33. The molecule has 3 rings (SSSR count). The van der Waals surface area contributed by atoms with Gasteiger partial charge in [0.2, 0.25) is 0 Å². The highest BCUT2D eigenvalue weighted by Gasteiger charge is 2.32. The SMILES string of the molecule is NC1(c2nc(-c3c(F)cccc3F)cs2)CCCCC1. The van der Waals surface area contributed by atoms with E-state index in [1.54, 1.807) is 5.38 Å². The summed E-state index contributed by atoms with van der Waals surface area (Å²) in [6.07, 6.45) is 5.14. The fourth-order valence-corrected chi connectivity index (χ4v) is 3.74. The van der Waals surface area contributed by atoms with E-state index < -0.39 is 17.2 Å². The van der Waals surface area contributed by atoms with Gasteiger partial charge in [-0.1, -0.05) is 25.3 Å². The molecule has 0 radical (unpaired) electrons. The summed E-state index contributed by atoms with van der Waals surface area (Å²) in [5.74, 6) is -1.17. The molecule has 1 aromatic carbocycles. The lowest BCUT2D eigenvalue weighted by atomic mass is 9.83. The van der Waals surface area contributed by atoms with Gasteiger partial charge in [-0.25, -0.2) is 13.8 Å². The van der Waals surface area contributed by atoms with Gasteiger partial charge in [-0.2, -0.15) is 0 Å². The molecule has 1 saturated carbocycles. The number of rotatable bonds is 2. The van der Waals surface area contributed by atoms with Gasteiger partial charge in [-0.3, -0.25) is 0 Å². The third-order valence-electron chi connectivity index (χ3n) is 3.89. The normalized spacial score (nSPS) is 18.1. The van der Waals surface area contributed by atoms with Gasteiger partial charge in [0.15, 0.2) is 0 Å². The monoisotopic (exact) mass is 294 g/mol. The summed E-state index contributed by atoms with van der Waals surface area (Å²) in [6.45, 7) is 0. The smallest absolute Gasteiger partial charge is 0.135 e. The Morgan fingerprint density at radius 2 is 1.75 bits per heavy atom. The molecule has 106 valence electrons. The van der Waals surface area contributed by atoms with E-state index >= 15 is 0 Å². The number of thiazole rings is 1. The molecule has 0 unspecified atom stereocenters. The van der Waals surface area contributed by atoms with Gasteiger partial charge < -0.3 is 5.73 Å². The van der Waals surface area contributed by atoms with Gasteiger partial charge in [0, 0.05) is 5.38 Å². The Morgan fingerprint density at radius 3 is 2.40 bits per heavy atom. The van der Waals surface area contributed by atoms with E-state index in [0.717, 1.165) is 30.7 Å². The molecule has 1 heterocycles. The molecule has 0 aliphatic heterocycles. The van der Waals surface area contributed by atoms with Gasteiger partial charge >= 0.3 is 0 Å². The number of benzene rings is 1. The van der Waals surface area contributed by atoms with Gasteiger partial charge in [-0.05, 0) is 25.0 Å². The van der Waals surface area contributed by atoms with E-state index in [2.05, 4.69) is 4.98 Å². The van der Waals surface area contributed by atoms with E-state index in [-0.39, 0.29) is 5.56 Å². The molecule has 1 aliphatic rings. The predicted octanol–water partition coefficient (Wildman–Crippen LogP) is 4.21. The molecule has 0 spiro atoms. The quantitative estimate of drug-likeness (QED) is 0.901. The summed E-state index contributed by atoms with van der Waals surface area (Å²) in [6, 6.07) is 3.85. The second kappa shape index (κ2) is 5.22. The van der Waals surface area contributed by atoms with Crippen LogP contribution in [-0.4, -0.2) is 4.98 Å².